The first-order chi connectivity index (χ1) is 17.5. The first-order valence-electron chi connectivity index (χ1n) is 12.3. The molecule has 0 unspecified atom stereocenters. The summed E-state index contributed by atoms with van der Waals surface area (Å²) in [6.07, 6.45) is 2.10. The highest BCUT2D eigenvalue weighted by Gasteiger charge is 2.41. The van der Waals surface area contributed by atoms with Crippen LogP contribution in [0.1, 0.15) is 40.2 Å². The molecule has 1 spiro atoms. The van der Waals surface area contributed by atoms with E-state index in [1.807, 2.05) is 48.5 Å². The van der Waals surface area contributed by atoms with E-state index >= 15 is 0 Å². The molecule has 190 valence electrons. The molecule has 3 heterocycles. The summed E-state index contributed by atoms with van der Waals surface area (Å²) in [6.45, 7) is 6.53. The summed E-state index contributed by atoms with van der Waals surface area (Å²) in [5.41, 5.74) is 6.83. The number of benzene rings is 3. The first-order valence-corrected chi connectivity index (χ1v) is 12.3. The van der Waals surface area contributed by atoms with Crippen LogP contribution in [0.3, 0.4) is 0 Å². The monoisotopic (exact) mass is 516 g/mol. The molecule has 1 saturated heterocycles. The summed E-state index contributed by atoms with van der Waals surface area (Å²) in [4.78, 5) is 17.3. The largest absolute Gasteiger partial charge is 0.492 e. The van der Waals surface area contributed by atoms with E-state index in [9.17, 15) is 4.79 Å². The Hall–Kier alpha value is -3.68. The predicted molar refractivity (Wildman–Crippen MR) is 146 cm³/mol. The van der Waals surface area contributed by atoms with Crippen LogP contribution < -0.4 is 15.4 Å². The Morgan fingerprint density at radius 1 is 0.973 bits per heavy atom. The number of aromatic nitrogens is 2. The zero-order chi connectivity index (χ0) is 24.7. The van der Waals surface area contributed by atoms with Crippen molar-refractivity contribution in [3.63, 3.8) is 0 Å². The number of halogens is 1. The van der Waals surface area contributed by atoms with E-state index < -0.39 is 0 Å². The van der Waals surface area contributed by atoms with Crippen LogP contribution in [-0.4, -0.2) is 35.7 Å². The normalized spacial score (nSPS) is 15.5. The van der Waals surface area contributed by atoms with Gasteiger partial charge in [-0.25, -0.2) is 0 Å². The van der Waals surface area contributed by atoms with E-state index in [1.54, 1.807) is 6.92 Å². The summed E-state index contributed by atoms with van der Waals surface area (Å²) in [5.74, 6) is 1.94. The molecule has 4 aromatic rings. The number of amides is 1. The lowest BCUT2D eigenvalue weighted by atomic mass is 9.75. The lowest BCUT2D eigenvalue weighted by molar-refractivity contribution is 0.102. The van der Waals surface area contributed by atoms with Gasteiger partial charge < -0.3 is 19.9 Å². The third kappa shape index (κ3) is 4.72. The van der Waals surface area contributed by atoms with Gasteiger partial charge in [0.2, 0.25) is 11.7 Å². The molecule has 3 aromatic carbocycles. The second-order valence-corrected chi connectivity index (χ2v) is 9.73. The van der Waals surface area contributed by atoms with Crippen LogP contribution in [0.2, 0.25) is 0 Å². The Labute approximate surface area is 222 Å². The zero-order valence-corrected chi connectivity index (χ0v) is 21.7. The Balaban J connectivity index is 0.00000280. The molecule has 6 rings (SSSR count). The van der Waals surface area contributed by atoms with Gasteiger partial charge in [-0.1, -0.05) is 29.4 Å². The van der Waals surface area contributed by atoms with Gasteiger partial charge >= 0.3 is 0 Å². The summed E-state index contributed by atoms with van der Waals surface area (Å²) in [7, 11) is 0. The third-order valence-corrected chi connectivity index (χ3v) is 7.34. The predicted octanol–water partition coefficient (Wildman–Crippen LogP) is 5.71. The second-order valence-electron chi connectivity index (χ2n) is 9.73. The second kappa shape index (κ2) is 10.00. The highest BCUT2D eigenvalue weighted by atomic mass is 35.5. The van der Waals surface area contributed by atoms with Crippen molar-refractivity contribution in [3.8, 4) is 28.3 Å². The molecule has 0 aliphatic carbocycles. The van der Waals surface area contributed by atoms with Gasteiger partial charge in [0.15, 0.2) is 0 Å². The number of hydrogen-bond donors (Lipinski definition) is 2. The molecule has 2 N–H and O–H groups in total. The van der Waals surface area contributed by atoms with Gasteiger partial charge in [-0.15, -0.1) is 12.4 Å². The number of carbonyl (C=O) groups excluding carboxylic acids is 1. The SMILES string of the molecule is Cc1nc(-c2ccc(-c3ccc(C(=O)Nc4ccc5c(c4)C4(CCNCC4)CO5)cc3)c(C)c2)no1.Cl. The lowest BCUT2D eigenvalue weighted by Crippen LogP contribution is -2.41. The van der Waals surface area contributed by atoms with E-state index in [1.165, 1.54) is 5.56 Å². The molecule has 37 heavy (non-hydrogen) atoms. The summed E-state index contributed by atoms with van der Waals surface area (Å²) >= 11 is 0. The Morgan fingerprint density at radius 3 is 2.43 bits per heavy atom. The molecular formula is C29H29ClN4O3. The fourth-order valence-corrected chi connectivity index (χ4v) is 5.31. The number of rotatable bonds is 4. The van der Waals surface area contributed by atoms with Crippen molar-refractivity contribution in [2.24, 2.45) is 0 Å². The Morgan fingerprint density at radius 2 is 1.73 bits per heavy atom. The number of nitrogens with zero attached hydrogens (tertiary/aromatic N) is 2. The van der Waals surface area contributed by atoms with Crippen molar-refractivity contribution in [3.05, 3.63) is 83.2 Å². The third-order valence-electron chi connectivity index (χ3n) is 7.34. The van der Waals surface area contributed by atoms with Crippen LogP contribution in [0.15, 0.2) is 65.2 Å². The van der Waals surface area contributed by atoms with E-state index in [2.05, 4.69) is 39.8 Å². The van der Waals surface area contributed by atoms with E-state index in [4.69, 9.17) is 9.26 Å². The molecular weight excluding hydrogens is 488 g/mol. The van der Waals surface area contributed by atoms with Gasteiger partial charge in [0.25, 0.3) is 5.91 Å². The Kier molecular flexibility index (Phi) is 6.75. The molecule has 7 nitrogen and oxygen atoms in total. The molecule has 0 saturated carbocycles. The summed E-state index contributed by atoms with van der Waals surface area (Å²) in [6, 6.07) is 19.8. The molecule has 1 amide bonds. The number of aryl methyl sites for hydroxylation is 2. The molecule has 2 aliphatic rings. The van der Waals surface area contributed by atoms with Gasteiger partial charge in [0.1, 0.15) is 5.75 Å². The number of anilines is 1. The van der Waals surface area contributed by atoms with E-state index in [0.29, 0.717) is 17.3 Å². The van der Waals surface area contributed by atoms with Gasteiger partial charge in [-0.3, -0.25) is 4.79 Å². The number of ether oxygens (including phenoxy) is 1. The minimum Gasteiger partial charge on any atom is -0.492 e. The number of hydrogen-bond acceptors (Lipinski definition) is 6. The number of fused-ring (bicyclic) bond motifs is 2. The average molecular weight is 517 g/mol. The van der Waals surface area contributed by atoms with Gasteiger partial charge in [0, 0.05) is 34.7 Å². The maximum absolute atomic E-state index is 13.0. The number of nitrogens with one attached hydrogen (secondary N) is 2. The minimum atomic E-state index is -0.126. The Bertz CT molecular complexity index is 1440. The number of carbonyl (C=O) groups is 1. The van der Waals surface area contributed by atoms with Crippen molar-refractivity contribution in [2.45, 2.75) is 32.1 Å². The van der Waals surface area contributed by atoms with Crippen molar-refractivity contribution in [1.82, 2.24) is 15.5 Å². The van der Waals surface area contributed by atoms with E-state index in [0.717, 1.165) is 66.2 Å². The van der Waals surface area contributed by atoms with Crippen molar-refractivity contribution in [1.29, 1.82) is 0 Å². The summed E-state index contributed by atoms with van der Waals surface area (Å²) in [5, 5.41) is 10.5. The highest BCUT2D eigenvalue weighted by molar-refractivity contribution is 6.04. The highest BCUT2D eigenvalue weighted by Crippen LogP contribution is 2.45. The van der Waals surface area contributed by atoms with Crippen LogP contribution in [0, 0.1) is 13.8 Å². The van der Waals surface area contributed by atoms with Gasteiger partial charge in [-0.2, -0.15) is 4.98 Å². The van der Waals surface area contributed by atoms with Crippen molar-refractivity contribution in [2.75, 3.05) is 25.0 Å². The molecule has 0 atom stereocenters. The quantitative estimate of drug-likeness (QED) is 0.361. The summed E-state index contributed by atoms with van der Waals surface area (Å²) < 4.78 is 11.1. The molecule has 1 fully saturated rings. The topological polar surface area (TPSA) is 89.3 Å². The van der Waals surface area contributed by atoms with Gasteiger partial charge in [0.05, 0.1) is 6.61 Å². The van der Waals surface area contributed by atoms with Crippen LogP contribution in [0.5, 0.6) is 5.75 Å². The van der Waals surface area contributed by atoms with Crippen LogP contribution in [-0.2, 0) is 5.41 Å². The van der Waals surface area contributed by atoms with E-state index in [-0.39, 0.29) is 23.7 Å². The molecule has 0 bridgehead atoms. The maximum Gasteiger partial charge on any atom is 0.255 e. The fraction of sp³-hybridized carbons (Fsp3) is 0.276. The molecule has 8 heteroatoms. The molecule has 1 aromatic heterocycles. The minimum absolute atomic E-state index is 0. The lowest BCUT2D eigenvalue weighted by Gasteiger charge is -2.32. The average Bonchev–Trinajstić information content (AvgIpc) is 3.48. The molecule has 0 radical (unpaired) electrons. The first kappa shape index (κ1) is 25.0. The standard InChI is InChI=1S/C29H28N4O3.ClH/c1-18-15-22(27-31-19(2)36-33-27)7-9-24(18)20-3-5-21(6-4-20)28(34)32-23-8-10-26-25(16-23)29(17-35-26)11-13-30-14-12-29;/h3-10,15-16,30H,11-14,17H2,1-2H3,(H,32,34);1H. The van der Waals surface area contributed by atoms with Crippen LogP contribution in [0.4, 0.5) is 5.69 Å². The fourth-order valence-electron chi connectivity index (χ4n) is 5.31. The molecule has 2 aliphatic heterocycles. The van der Waals surface area contributed by atoms with Crippen molar-refractivity contribution < 1.29 is 14.1 Å². The maximum atomic E-state index is 13.0. The van der Waals surface area contributed by atoms with Crippen molar-refractivity contribution >= 4 is 24.0 Å². The van der Waals surface area contributed by atoms with Crippen LogP contribution in [0.25, 0.3) is 22.5 Å². The van der Waals surface area contributed by atoms with Gasteiger partial charge in [-0.05, 0) is 85.9 Å². The number of piperidine rings is 1. The smallest absolute Gasteiger partial charge is 0.255 e. The van der Waals surface area contributed by atoms with Crippen LogP contribution >= 0.6 is 12.4 Å². The zero-order valence-electron chi connectivity index (χ0n) is 20.8.